The SMILES string of the molecule is CC(C)(c1cnccc1N1CCN(CCO)CC1)S(N)(=O)=O. The summed E-state index contributed by atoms with van der Waals surface area (Å²) in [6.45, 7) is 7.24. The van der Waals surface area contributed by atoms with Gasteiger partial charge in [-0.25, -0.2) is 13.6 Å². The van der Waals surface area contributed by atoms with E-state index in [1.54, 1.807) is 26.2 Å². The van der Waals surface area contributed by atoms with E-state index in [2.05, 4.69) is 14.8 Å². The van der Waals surface area contributed by atoms with Crippen molar-refractivity contribution in [3.63, 3.8) is 0 Å². The molecule has 1 aromatic rings. The fourth-order valence-electron chi connectivity index (χ4n) is 2.63. The molecule has 0 spiro atoms. The monoisotopic (exact) mass is 328 g/mol. The third kappa shape index (κ3) is 3.40. The molecule has 0 saturated carbocycles. The predicted octanol–water partition coefficient (Wildman–Crippen LogP) is -0.280. The summed E-state index contributed by atoms with van der Waals surface area (Å²) >= 11 is 0. The Morgan fingerprint density at radius 1 is 1.32 bits per heavy atom. The molecule has 2 heterocycles. The number of aliphatic hydroxyl groups excluding tert-OH is 1. The molecule has 0 amide bonds. The van der Waals surface area contributed by atoms with Crippen LogP contribution in [-0.4, -0.2) is 62.7 Å². The number of piperazine rings is 1. The van der Waals surface area contributed by atoms with Gasteiger partial charge in [-0.2, -0.15) is 0 Å². The number of primary sulfonamides is 1. The highest BCUT2D eigenvalue weighted by atomic mass is 32.2. The van der Waals surface area contributed by atoms with E-state index < -0.39 is 14.8 Å². The van der Waals surface area contributed by atoms with E-state index in [1.165, 1.54) is 0 Å². The van der Waals surface area contributed by atoms with Gasteiger partial charge in [0.1, 0.15) is 4.75 Å². The van der Waals surface area contributed by atoms with Gasteiger partial charge in [0.15, 0.2) is 0 Å². The highest BCUT2D eigenvalue weighted by molar-refractivity contribution is 7.90. The molecule has 1 aromatic heterocycles. The first-order valence-corrected chi connectivity index (χ1v) is 8.87. The molecule has 8 heteroatoms. The summed E-state index contributed by atoms with van der Waals surface area (Å²) in [7, 11) is -3.75. The molecular formula is C14H24N4O3S. The van der Waals surface area contributed by atoms with Gasteiger partial charge in [0, 0.05) is 56.4 Å². The minimum absolute atomic E-state index is 0.152. The van der Waals surface area contributed by atoms with Gasteiger partial charge in [-0.1, -0.05) is 0 Å². The molecule has 2 rings (SSSR count). The standard InChI is InChI=1S/C14H24N4O3S/c1-14(2,22(15,20)21)12-11-16-4-3-13(12)18-7-5-17(6-8-18)9-10-19/h3-4,11,19H,5-10H2,1-2H3,(H2,15,20,21). The van der Waals surface area contributed by atoms with Crippen LogP contribution < -0.4 is 10.0 Å². The van der Waals surface area contributed by atoms with Crippen molar-refractivity contribution in [3.8, 4) is 0 Å². The molecule has 0 bridgehead atoms. The molecule has 1 saturated heterocycles. The summed E-state index contributed by atoms with van der Waals surface area (Å²) in [5, 5.41) is 14.4. The van der Waals surface area contributed by atoms with Crippen LogP contribution in [0.25, 0.3) is 0 Å². The van der Waals surface area contributed by atoms with Crippen molar-refractivity contribution in [1.82, 2.24) is 9.88 Å². The minimum Gasteiger partial charge on any atom is -0.395 e. The Morgan fingerprint density at radius 3 is 2.50 bits per heavy atom. The number of nitrogens with two attached hydrogens (primary N) is 1. The quantitative estimate of drug-likeness (QED) is 0.771. The number of pyridine rings is 1. The van der Waals surface area contributed by atoms with Crippen LogP contribution in [0.3, 0.4) is 0 Å². The average Bonchev–Trinajstić information content (AvgIpc) is 2.47. The first-order valence-electron chi connectivity index (χ1n) is 7.32. The first-order chi connectivity index (χ1) is 10.3. The minimum atomic E-state index is -3.75. The Labute approximate surface area is 131 Å². The van der Waals surface area contributed by atoms with Crippen LogP contribution in [0.15, 0.2) is 18.5 Å². The maximum Gasteiger partial charge on any atom is 0.218 e. The molecule has 22 heavy (non-hydrogen) atoms. The number of aliphatic hydroxyl groups is 1. The number of hydrogen-bond acceptors (Lipinski definition) is 6. The molecule has 1 aliphatic heterocycles. The highest BCUT2D eigenvalue weighted by Gasteiger charge is 2.36. The van der Waals surface area contributed by atoms with Crippen LogP contribution in [0.5, 0.6) is 0 Å². The van der Waals surface area contributed by atoms with Crippen molar-refractivity contribution >= 4 is 15.7 Å². The zero-order chi connectivity index (χ0) is 16.4. The van der Waals surface area contributed by atoms with Crippen molar-refractivity contribution < 1.29 is 13.5 Å². The molecular weight excluding hydrogens is 304 g/mol. The number of β-amino-alcohol motifs (C(OH)–C–C–N with tert-alkyl or cyclic N) is 1. The summed E-state index contributed by atoms with van der Waals surface area (Å²) in [6.07, 6.45) is 3.25. The molecule has 3 N–H and O–H groups in total. The molecule has 0 atom stereocenters. The number of rotatable bonds is 5. The van der Waals surface area contributed by atoms with E-state index in [0.29, 0.717) is 12.1 Å². The van der Waals surface area contributed by atoms with Crippen LogP contribution in [0.1, 0.15) is 19.4 Å². The van der Waals surface area contributed by atoms with E-state index in [4.69, 9.17) is 10.2 Å². The van der Waals surface area contributed by atoms with Gasteiger partial charge in [0.25, 0.3) is 0 Å². The number of anilines is 1. The third-order valence-electron chi connectivity index (χ3n) is 4.29. The van der Waals surface area contributed by atoms with Gasteiger partial charge >= 0.3 is 0 Å². The van der Waals surface area contributed by atoms with Gasteiger partial charge in [0.05, 0.1) is 6.61 Å². The lowest BCUT2D eigenvalue weighted by atomic mass is 10.0. The Kier molecular flexibility index (Phi) is 5.06. The fourth-order valence-corrected chi connectivity index (χ4v) is 3.10. The van der Waals surface area contributed by atoms with Gasteiger partial charge in [0.2, 0.25) is 10.0 Å². The van der Waals surface area contributed by atoms with Gasteiger partial charge < -0.3 is 10.0 Å². The second-order valence-electron chi connectivity index (χ2n) is 6.00. The number of hydrogen-bond donors (Lipinski definition) is 2. The Bertz CT molecular complexity index is 610. The number of sulfonamides is 1. The fraction of sp³-hybridized carbons (Fsp3) is 0.643. The second-order valence-corrected chi connectivity index (χ2v) is 8.11. The van der Waals surface area contributed by atoms with E-state index >= 15 is 0 Å². The maximum absolute atomic E-state index is 11.9. The third-order valence-corrected chi connectivity index (χ3v) is 5.93. The molecule has 0 aromatic carbocycles. The summed E-state index contributed by atoms with van der Waals surface area (Å²) in [5.41, 5.74) is 1.48. The maximum atomic E-state index is 11.9. The molecule has 1 fully saturated rings. The summed E-state index contributed by atoms with van der Waals surface area (Å²) in [6, 6.07) is 1.84. The summed E-state index contributed by atoms with van der Waals surface area (Å²) < 4.78 is 22.6. The van der Waals surface area contributed by atoms with E-state index in [0.717, 1.165) is 31.9 Å². The molecule has 124 valence electrons. The molecule has 7 nitrogen and oxygen atoms in total. The van der Waals surface area contributed by atoms with Gasteiger partial charge in [-0.05, 0) is 19.9 Å². The van der Waals surface area contributed by atoms with E-state index in [-0.39, 0.29) is 6.61 Å². The topological polar surface area (TPSA) is 99.8 Å². The van der Waals surface area contributed by atoms with Crippen molar-refractivity contribution in [1.29, 1.82) is 0 Å². The average molecular weight is 328 g/mol. The van der Waals surface area contributed by atoms with Crippen molar-refractivity contribution in [3.05, 3.63) is 24.0 Å². The Balaban J connectivity index is 2.27. The van der Waals surface area contributed by atoms with Crippen LogP contribution >= 0.6 is 0 Å². The lowest BCUT2D eigenvalue weighted by molar-refractivity contribution is 0.188. The zero-order valence-electron chi connectivity index (χ0n) is 13.1. The highest BCUT2D eigenvalue weighted by Crippen LogP contribution is 2.34. The number of aromatic nitrogens is 1. The Hall–Kier alpha value is -1.22. The molecule has 1 aliphatic rings. The van der Waals surface area contributed by atoms with Crippen LogP contribution in [-0.2, 0) is 14.8 Å². The predicted molar refractivity (Wildman–Crippen MR) is 86.1 cm³/mol. The van der Waals surface area contributed by atoms with Gasteiger partial charge in [-0.3, -0.25) is 9.88 Å². The summed E-state index contributed by atoms with van der Waals surface area (Å²) in [5.74, 6) is 0. The largest absolute Gasteiger partial charge is 0.395 e. The van der Waals surface area contributed by atoms with Crippen LogP contribution in [0.4, 0.5) is 5.69 Å². The van der Waals surface area contributed by atoms with Crippen molar-refractivity contribution in [2.45, 2.75) is 18.6 Å². The molecule has 0 radical (unpaired) electrons. The zero-order valence-corrected chi connectivity index (χ0v) is 13.9. The first kappa shape index (κ1) is 17.1. The van der Waals surface area contributed by atoms with E-state index in [1.807, 2.05) is 6.07 Å². The van der Waals surface area contributed by atoms with Crippen molar-refractivity contribution in [2.75, 3.05) is 44.2 Å². The second kappa shape index (κ2) is 6.49. The number of nitrogens with zero attached hydrogens (tertiary/aromatic N) is 3. The normalized spacial score (nSPS) is 17.7. The smallest absolute Gasteiger partial charge is 0.218 e. The van der Waals surface area contributed by atoms with Crippen LogP contribution in [0.2, 0.25) is 0 Å². The summed E-state index contributed by atoms with van der Waals surface area (Å²) in [4.78, 5) is 8.41. The van der Waals surface area contributed by atoms with E-state index in [9.17, 15) is 8.42 Å². The lowest BCUT2D eigenvalue weighted by Gasteiger charge is -2.38. The molecule has 0 unspecified atom stereocenters. The lowest BCUT2D eigenvalue weighted by Crippen LogP contribution is -2.48. The Morgan fingerprint density at radius 2 is 1.95 bits per heavy atom. The van der Waals surface area contributed by atoms with Crippen molar-refractivity contribution in [2.24, 2.45) is 5.14 Å². The molecule has 0 aliphatic carbocycles. The van der Waals surface area contributed by atoms with Crippen LogP contribution in [0, 0.1) is 0 Å². The van der Waals surface area contributed by atoms with Gasteiger partial charge in [-0.15, -0.1) is 0 Å².